The van der Waals surface area contributed by atoms with E-state index in [1.54, 1.807) is 6.08 Å². The molecule has 0 radical (unpaired) electrons. The van der Waals surface area contributed by atoms with Gasteiger partial charge in [-0.1, -0.05) is 41.9 Å². The minimum atomic E-state index is -0.666. The zero-order valence-electron chi connectivity index (χ0n) is 17.0. The molecule has 1 fully saturated rings. The fourth-order valence-corrected chi connectivity index (χ4v) is 3.80. The molecule has 2 heterocycles. The third-order valence-corrected chi connectivity index (χ3v) is 5.55. The van der Waals surface area contributed by atoms with Crippen LogP contribution in [0.25, 0.3) is 17.0 Å². The number of nitrogens with zero attached hydrogens (tertiary/aromatic N) is 2. The summed E-state index contributed by atoms with van der Waals surface area (Å²) in [5.74, 6) is -1.23. The highest BCUT2D eigenvalue weighted by Gasteiger charge is 2.35. The van der Waals surface area contributed by atoms with Gasteiger partial charge in [-0.3, -0.25) is 9.59 Å². The molecule has 1 N–H and O–H groups in total. The Hall–Kier alpha value is -3.58. The van der Waals surface area contributed by atoms with Crippen molar-refractivity contribution in [2.24, 2.45) is 0 Å². The number of rotatable bonds is 5. The maximum absolute atomic E-state index is 12.7. The topological polar surface area (TPSA) is 80.6 Å². The van der Waals surface area contributed by atoms with Gasteiger partial charge in [0.1, 0.15) is 12.2 Å². The van der Waals surface area contributed by atoms with Gasteiger partial charge in [-0.05, 0) is 36.8 Å². The number of carbonyl (C=O) groups is 3. The van der Waals surface area contributed by atoms with Crippen molar-refractivity contribution < 1.29 is 19.1 Å². The molecule has 0 saturated carbocycles. The Balaban J connectivity index is 1.74. The first-order chi connectivity index (χ1) is 14.9. The number of benzene rings is 2. The molecule has 0 bridgehead atoms. The minimum Gasteiger partial charge on any atom is -0.468 e. The fraction of sp³-hybridized carbons (Fsp3) is 0.174. The standard InChI is InChI=1S/C23H20ClN3O4/c1-14-18(11-19-22(29)27(23(30)25-19)13-21(28)31-2)17-5-3-4-6-20(17)26(14)12-15-7-9-16(24)10-8-15/h3-11H,12-13H2,1-2H3,(H,25,30). The number of halogens is 1. The van der Waals surface area contributed by atoms with Gasteiger partial charge >= 0.3 is 12.0 Å². The number of ether oxygens (including phenoxy) is 1. The predicted octanol–water partition coefficient (Wildman–Crippen LogP) is 3.72. The van der Waals surface area contributed by atoms with Crippen LogP contribution in [0.15, 0.2) is 54.2 Å². The quantitative estimate of drug-likeness (QED) is 0.375. The number of amides is 3. The first-order valence-electron chi connectivity index (χ1n) is 9.62. The van der Waals surface area contributed by atoms with Gasteiger partial charge in [0.15, 0.2) is 0 Å². The Morgan fingerprint density at radius 2 is 1.84 bits per heavy atom. The van der Waals surface area contributed by atoms with Crippen LogP contribution in [-0.4, -0.2) is 41.0 Å². The first kappa shape index (κ1) is 20.7. The highest BCUT2D eigenvalue weighted by atomic mass is 35.5. The number of para-hydroxylation sites is 1. The van der Waals surface area contributed by atoms with E-state index in [2.05, 4.69) is 14.6 Å². The number of esters is 1. The molecule has 0 atom stereocenters. The summed E-state index contributed by atoms with van der Waals surface area (Å²) >= 11 is 6.00. The van der Waals surface area contributed by atoms with E-state index in [0.29, 0.717) is 11.6 Å². The highest BCUT2D eigenvalue weighted by Crippen LogP contribution is 2.29. The fourth-order valence-electron chi connectivity index (χ4n) is 3.67. The van der Waals surface area contributed by atoms with Crippen LogP contribution in [0.3, 0.4) is 0 Å². The lowest BCUT2D eigenvalue weighted by molar-refractivity contribution is -0.143. The number of urea groups is 1. The zero-order chi connectivity index (χ0) is 22.1. The summed E-state index contributed by atoms with van der Waals surface area (Å²) in [7, 11) is 1.20. The average Bonchev–Trinajstić information content (AvgIpc) is 3.18. The number of carbonyl (C=O) groups excluding carboxylic acids is 3. The summed E-state index contributed by atoms with van der Waals surface area (Å²) in [6.07, 6.45) is 1.66. The van der Waals surface area contributed by atoms with Gasteiger partial charge in [-0.25, -0.2) is 9.69 Å². The lowest BCUT2D eigenvalue weighted by Gasteiger charge is -2.09. The molecule has 0 unspecified atom stereocenters. The van der Waals surface area contributed by atoms with Crippen LogP contribution in [0.5, 0.6) is 0 Å². The molecule has 31 heavy (non-hydrogen) atoms. The Bertz CT molecular complexity index is 1230. The lowest BCUT2D eigenvalue weighted by atomic mass is 10.1. The predicted molar refractivity (Wildman–Crippen MR) is 117 cm³/mol. The number of hydrogen-bond donors (Lipinski definition) is 1. The summed E-state index contributed by atoms with van der Waals surface area (Å²) in [4.78, 5) is 37.2. The Kier molecular flexibility index (Phi) is 5.52. The van der Waals surface area contributed by atoms with E-state index in [9.17, 15) is 14.4 Å². The Morgan fingerprint density at radius 1 is 1.13 bits per heavy atom. The van der Waals surface area contributed by atoms with Gasteiger partial charge in [-0.2, -0.15) is 0 Å². The van der Waals surface area contributed by atoms with E-state index in [-0.39, 0.29) is 5.70 Å². The molecule has 1 aliphatic rings. The van der Waals surface area contributed by atoms with E-state index < -0.39 is 24.5 Å². The number of aromatic nitrogens is 1. The second-order valence-electron chi connectivity index (χ2n) is 7.18. The molecular formula is C23H20ClN3O4. The van der Waals surface area contributed by atoms with Crippen LogP contribution in [-0.2, 0) is 20.9 Å². The third-order valence-electron chi connectivity index (χ3n) is 5.30. The molecule has 4 rings (SSSR count). The molecule has 7 nitrogen and oxygen atoms in total. The molecule has 3 amide bonds. The van der Waals surface area contributed by atoms with Crippen molar-refractivity contribution in [1.82, 2.24) is 14.8 Å². The maximum Gasteiger partial charge on any atom is 0.329 e. The van der Waals surface area contributed by atoms with Crippen LogP contribution in [0.4, 0.5) is 4.79 Å². The first-order valence-corrected chi connectivity index (χ1v) is 10.0. The van der Waals surface area contributed by atoms with Crippen LogP contribution in [0, 0.1) is 6.92 Å². The Labute approximate surface area is 183 Å². The number of imide groups is 1. The molecule has 158 valence electrons. The van der Waals surface area contributed by atoms with Gasteiger partial charge in [0.25, 0.3) is 5.91 Å². The summed E-state index contributed by atoms with van der Waals surface area (Å²) in [6, 6.07) is 14.9. The number of hydrogen-bond acceptors (Lipinski definition) is 4. The molecule has 3 aromatic rings. The molecule has 0 spiro atoms. The van der Waals surface area contributed by atoms with Crippen LogP contribution in [0.2, 0.25) is 5.02 Å². The monoisotopic (exact) mass is 437 g/mol. The SMILES string of the molecule is COC(=O)CN1C(=O)NC(=Cc2c(C)n(Cc3ccc(Cl)cc3)c3ccccc23)C1=O. The molecule has 1 aliphatic heterocycles. The number of nitrogens with one attached hydrogen (secondary N) is 1. The molecule has 2 aromatic carbocycles. The third kappa shape index (κ3) is 3.92. The normalized spacial score (nSPS) is 15.1. The second-order valence-corrected chi connectivity index (χ2v) is 7.62. The van der Waals surface area contributed by atoms with Crippen LogP contribution < -0.4 is 5.32 Å². The van der Waals surface area contributed by atoms with Crippen molar-refractivity contribution in [3.8, 4) is 0 Å². The largest absolute Gasteiger partial charge is 0.468 e. The van der Waals surface area contributed by atoms with Gasteiger partial charge < -0.3 is 14.6 Å². The minimum absolute atomic E-state index is 0.117. The molecule has 1 aromatic heterocycles. The average molecular weight is 438 g/mol. The van der Waals surface area contributed by atoms with Crippen molar-refractivity contribution in [2.45, 2.75) is 13.5 Å². The number of methoxy groups -OCH3 is 1. The van der Waals surface area contributed by atoms with Crippen LogP contribution in [0.1, 0.15) is 16.8 Å². The maximum atomic E-state index is 12.7. The molecular weight excluding hydrogens is 418 g/mol. The van der Waals surface area contributed by atoms with Gasteiger partial charge in [0, 0.05) is 33.7 Å². The highest BCUT2D eigenvalue weighted by molar-refractivity contribution is 6.30. The molecule has 1 saturated heterocycles. The smallest absolute Gasteiger partial charge is 0.329 e. The van der Waals surface area contributed by atoms with Crippen molar-refractivity contribution in [3.05, 3.63) is 76.1 Å². The van der Waals surface area contributed by atoms with E-state index in [1.807, 2.05) is 55.5 Å². The van der Waals surface area contributed by atoms with Crippen molar-refractivity contribution in [2.75, 3.05) is 13.7 Å². The molecule has 0 aliphatic carbocycles. The second kappa shape index (κ2) is 8.28. The van der Waals surface area contributed by atoms with E-state index in [0.717, 1.165) is 32.6 Å². The summed E-state index contributed by atoms with van der Waals surface area (Å²) in [5, 5.41) is 4.19. The van der Waals surface area contributed by atoms with Crippen molar-refractivity contribution in [1.29, 1.82) is 0 Å². The Morgan fingerprint density at radius 3 is 2.55 bits per heavy atom. The van der Waals surface area contributed by atoms with Gasteiger partial charge in [0.2, 0.25) is 0 Å². The van der Waals surface area contributed by atoms with Gasteiger partial charge in [-0.15, -0.1) is 0 Å². The summed E-state index contributed by atoms with van der Waals surface area (Å²) < 4.78 is 6.71. The zero-order valence-corrected chi connectivity index (χ0v) is 17.8. The van der Waals surface area contributed by atoms with Gasteiger partial charge in [0.05, 0.1) is 7.11 Å². The summed E-state index contributed by atoms with van der Waals surface area (Å²) in [6.45, 7) is 2.16. The van der Waals surface area contributed by atoms with Crippen LogP contribution >= 0.6 is 11.6 Å². The van der Waals surface area contributed by atoms with Crippen molar-refractivity contribution in [3.63, 3.8) is 0 Å². The van der Waals surface area contributed by atoms with Crippen molar-refractivity contribution >= 4 is 46.5 Å². The van der Waals surface area contributed by atoms with E-state index in [1.165, 1.54) is 7.11 Å². The summed E-state index contributed by atoms with van der Waals surface area (Å²) in [5.41, 5.74) is 3.98. The lowest BCUT2D eigenvalue weighted by Crippen LogP contribution is -2.36. The van der Waals surface area contributed by atoms with E-state index in [4.69, 9.17) is 11.6 Å². The number of fused-ring (bicyclic) bond motifs is 1. The van der Waals surface area contributed by atoms with E-state index >= 15 is 0 Å². The molecule has 8 heteroatoms.